The fourth-order valence-electron chi connectivity index (χ4n) is 8.39. The number of aliphatic hydroxyl groups excluding tert-OH is 8. The zero-order valence-electron chi connectivity index (χ0n) is 26.4. The lowest BCUT2D eigenvalue weighted by Gasteiger charge is -2.56. The molecule has 264 valence electrons. The number of rotatable bonds is 7. The maximum Gasteiger partial charge on any atom is 0.336 e. The van der Waals surface area contributed by atoms with Gasteiger partial charge in [-0.05, 0) is 25.3 Å². The molecular formula is C31H44O16. The Kier molecular flexibility index (Phi) is 9.15. The van der Waals surface area contributed by atoms with Crippen molar-refractivity contribution in [1.29, 1.82) is 0 Å². The minimum absolute atomic E-state index is 0.218. The molecular weight excluding hydrogens is 628 g/mol. The molecule has 4 heterocycles. The van der Waals surface area contributed by atoms with E-state index in [0.29, 0.717) is 11.1 Å². The molecule has 0 bridgehead atoms. The van der Waals surface area contributed by atoms with Gasteiger partial charge < -0.3 is 69.0 Å². The van der Waals surface area contributed by atoms with E-state index in [2.05, 4.69) is 0 Å². The van der Waals surface area contributed by atoms with Crippen LogP contribution in [-0.4, -0.2) is 134 Å². The van der Waals surface area contributed by atoms with Crippen LogP contribution < -0.4 is 5.63 Å². The number of carbonyl (C=O) groups is 1. The van der Waals surface area contributed by atoms with Crippen molar-refractivity contribution in [3.63, 3.8) is 0 Å². The van der Waals surface area contributed by atoms with Crippen LogP contribution in [-0.2, 0) is 33.9 Å². The molecule has 16 nitrogen and oxygen atoms in total. The minimum Gasteiger partial charge on any atom is -0.458 e. The van der Waals surface area contributed by atoms with Crippen molar-refractivity contribution in [2.45, 2.75) is 132 Å². The maximum absolute atomic E-state index is 13.3. The van der Waals surface area contributed by atoms with Gasteiger partial charge >= 0.3 is 11.6 Å². The first kappa shape index (κ1) is 34.8. The lowest BCUT2D eigenvalue weighted by atomic mass is 9.48. The summed E-state index contributed by atoms with van der Waals surface area (Å²) in [5.74, 6) is -1.24. The molecule has 47 heavy (non-hydrogen) atoms. The Morgan fingerprint density at radius 2 is 1.51 bits per heavy atom. The molecule has 5 aliphatic rings. The maximum atomic E-state index is 13.3. The number of esters is 1. The zero-order valence-corrected chi connectivity index (χ0v) is 26.4. The second-order valence-electron chi connectivity index (χ2n) is 14.1. The van der Waals surface area contributed by atoms with Crippen molar-refractivity contribution in [2.75, 3.05) is 13.2 Å². The number of hydrogen-bond donors (Lipinski definition) is 8. The highest BCUT2D eigenvalue weighted by molar-refractivity contribution is 5.81. The Balaban J connectivity index is 1.30. The van der Waals surface area contributed by atoms with Gasteiger partial charge in [0.05, 0.1) is 24.7 Å². The highest BCUT2D eigenvalue weighted by Crippen LogP contribution is 2.64. The van der Waals surface area contributed by atoms with Crippen LogP contribution in [0, 0.1) is 11.3 Å². The van der Waals surface area contributed by atoms with E-state index in [9.17, 15) is 50.4 Å². The van der Waals surface area contributed by atoms with E-state index in [1.807, 2.05) is 0 Å². The molecule has 16 atom stereocenters. The van der Waals surface area contributed by atoms with Crippen molar-refractivity contribution in [3.8, 4) is 0 Å². The van der Waals surface area contributed by atoms with Crippen LogP contribution in [0.1, 0.15) is 69.4 Å². The molecule has 8 N–H and O–H groups in total. The summed E-state index contributed by atoms with van der Waals surface area (Å²) >= 11 is 0. The average molecular weight is 673 g/mol. The van der Waals surface area contributed by atoms with Crippen LogP contribution in [0.15, 0.2) is 15.3 Å². The van der Waals surface area contributed by atoms with Gasteiger partial charge in [-0.2, -0.15) is 0 Å². The molecule has 0 amide bonds. The van der Waals surface area contributed by atoms with Crippen LogP contribution in [0.3, 0.4) is 0 Å². The highest BCUT2D eigenvalue weighted by Gasteiger charge is 2.70. The molecule has 2 aliphatic carbocycles. The molecule has 1 aromatic heterocycles. The van der Waals surface area contributed by atoms with Crippen LogP contribution in [0.5, 0.6) is 0 Å². The molecule has 3 saturated heterocycles. The van der Waals surface area contributed by atoms with E-state index >= 15 is 0 Å². The van der Waals surface area contributed by atoms with Gasteiger partial charge in [-0.25, -0.2) is 4.79 Å². The summed E-state index contributed by atoms with van der Waals surface area (Å²) in [5.41, 5.74) is -2.15. The summed E-state index contributed by atoms with van der Waals surface area (Å²) in [6.45, 7) is 5.90. The number of hydrogen-bond acceptors (Lipinski definition) is 16. The fourth-order valence-corrected chi connectivity index (χ4v) is 8.39. The Morgan fingerprint density at radius 1 is 0.894 bits per heavy atom. The van der Waals surface area contributed by atoms with Crippen molar-refractivity contribution in [1.82, 2.24) is 0 Å². The van der Waals surface area contributed by atoms with E-state index in [4.69, 9.17) is 28.1 Å². The van der Waals surface area contributed by atoms with Crippen LogP contribution >= 0.6 is 0 Å². The third-order valence-electron chi connectivity index (χ3n) is 10.9. The Morgan fingerprint density at radius 3 is 2.15 bits per heavy atom. The second kappa shape index (κ2) is 12.4. The normalized spacial score (nSPS) is 47.8. The quantitative estimate of drug-likeness (QED) is 0.138. The smallest absolute Gasteiger partial charge is 0.336 e. The topological polar surface area (TPSA) is 255 Å². The Bertz CT molecular complexity index is 1400. The van der Waals surface area contributed by atoms with Gasteiger partial charge in [-0.3, -0.25) is 4.79 Å². The van der Waals surface area contributed by atoms with Gasteiger partial charge in [0, 0.05) is 28.9 Å². The summed E-state index contributed by atoms with van der Waals surface area (Å²) in [7, 11) is 0. The van der Waals surface area contributed by atoms with Crippen LogP contribution in [0.4, 0.5) is 0 Å². The van der Waals surface area contributed by atoms with E-state index in [-0.39, 0.29) is 24.5 Å². The zero-order chi connectivity index (χ0) is 34.3. The highest BCUT2D eigenvalue weighted by atomic mass is 16.7. The van der Waals surface area contributed by atoms with E-state index in [1.54, 1.807) is 27.7 Å². The summed E-state index contributed by atoms with van der Waals surface area (Å²) in [5, 5.41) is 84.0. The van der Waals surface area contributed by atoms with Gasteiger partial charge in [-0.1, -0.05) is 20.8 Å². The number of ether oxygens (including phenoxy) is 5. The molecule has 3 aliphatic heterocycles. The van der Waals surface area contributed by atoms with Crippen molar-refractivity contribution < 1.29 is 73.7 Å². The molecule has 0 aromatic carbocycles. The predicted octanol–water partition coefficient (Wildman–Crippen LogP) is -2.58. The Hall–Kier alpha value is -2.06. The van der Waals surface area contributed by atoms with E-state index < -0.39 is 121 Å². The summed E-state index contributed by atoms with van der Waals surface area (Å²) in [6, 6.07) is 1.28. The molecule has 0 spiro atoms. The van der Waals surface area contributed by atoms with Crippen LogP contribution in [0.2, 0.25) is 0 Å². The van der Waals surface area contributed by atoms with E-state index in [0.717, 1.165) is 0 Å². The summed E-state index contributed by atoms with van der Waals surface area (Å²) < 4.78 is 34.5. The molecule has 6 rings (SSSR count). The predicted molar refractivity (Wildman–Crippen MR) is 153 cm³/mol. The van der Waals surface area contributed by atoms with Crippen LogP contribution in [0.25, 0.3) is 0 Å². The molecule has 1 aromatic rings. The van der Waals surface area contributed by atoms with Gasteiger partial charge in [0.25, 0.3) is 0 Å². The van der Waals surface area contributed by atoms with Crippen molar-refractivity contribution in [2.24, 2.45) is 11.3 Å². The molecule has 0 radical (unpaired) electrons. The average Bonchev–Trinajstić information content (AvgIpc) is 3.31. The third-order valence-corrected chi connectivity index (χ3v) is 10.9. The summed E-state index contributed by atoms with van der Waals surface area (Å²) in [6.07, 6.45) is -18.7. The number of fused-ring (bicyclic) bond motifs is 2. The third kappa shape index (κ3) is 5.28. The number of aliphatic hydroxyl groups is 8. The van der Waals surface area contributed by atoms with Gasteiger partial charge in [0.2, 0.25) is 0 Å². The van der Waals surface area contributed by atoms with Crippen molar-refractivity contribution in [3.05, 3.63) is 33.4 Å². The number of carbonyl (C=O) groups excluding carboxylic acids is 1. The monoisotopic (exact) mass is 672 g/mol. The lowest BCUT2D eigenvalue weighted by molar-refractivity contribution is -0.341. The lowest BCUT2D eigenvalue weighted by Crippen LogP contribution is -2.64. The molecule has 3 unspecified atom stereocenters. The first-order chi connectivity index (χ1) is 22.1. The molecule has 4 fully saturated rings. The first-order valence-electron chi connectivity index (χ1n) is 15.9. The van der Waals surface area contributed by atoms with Gasteiger partial charge in [-0.15, -0.1) is 0 Å². The van der Waals surface area contributed by atoms with E-state index in [1.165, 1.54) is 6.07 Å². The summed E-state index contributed by atoms with van der Waals surface area (Å²) in [4.78, 5) is 26.2. The largest absolute Gasteiger partial charge is 0.458 e. The fraction of sp³-hybridized carbons (Fsp3) is 0.806. The Labute approximate surface area is 269 Å². The van der Waals surface area contributed by atoms with Gasteiger partial charge in [0.15, 0.2) is 12.6 Å². The van der Waals surface area contributed by atoms with Crippen molar-refractivity contribution >= 4 is 5.97 Å². The molecule has 1 saturated carbocycles. The molecule has 16 heteroatoms. The SMILES string of the molecule is CC(C)c1oc(=O)cc2c1C(O)[C@@H]1OC(=O)[C@]3(C)CC[C@@H](O[C@@H]4O[C@@H](CO[C@@H]5O[C@@H](CO)[C@@H](O)[C@H](O)C5O)[C@@H](O)[C@H](O)C4O)[C@@]2(C)[C@H]13. The minimum atomic E-state index is -1.79. The standard InChI is InChI=1S/C31H44O16/c1-10(2)24-16-11(7-15(33)46-24)31(4)14(5-6-30(3)26(31)25(19(16)36)47-29(30)41)45-28-23(40)21(38)18(35)13(44-28)9-42-27-22(39)20(37)17(34)12(8-32)43-27/h7,10,12-14,17-23,25-28,32,34-40H,5-6,8-9H2,1-4H3/t12-,13-,14+,17+,18+,19?,20-,21-,22?,23?,25-,26+,27+,28-,30+,31-/m0/s1. The first-order valence-corrected chi connectivity index (χ1v) is 15.9. The second-order valence-corrected chi connectivity index (χ2v) is 14.1. The van der Waals surface area contributed by atoms with Gasteiger partial charge in [0.1, 0.15) is 66.8 Å².